The molecule has 1 amide bonds. The summed E-state index contributed by atoms with van der Waals surface area (Å²) in [4.78, 5) is 28.4. The molecule has 2 aliphatic rings. The van der Waals surface area contributed by atoms with E-state index in [0.717, 1.165) is 22.9 Å². The van der Waals surface area contributed by atoms with Crippen molar-refractivity contribution in [1.29, 1.82) is 0 Å². The number of carbonyl (C=O) groups is 1. The van der Waals surface area contributed by atoms with Gasteiger partial charge in [-0.1, -0.05) is 39.7 Å². The highest BCUT2D eigenvalue weighted by molar-refractivity contribution is 9.10. The van der Waals surface area contributed by atoms with Crippen LogP contribution in [0.25, 0.3) is 11.0 Å². The zero-order valence-electron chi connectivity index (χ0n) is 15.4. The third kappa shape index (κ3) is 3.19. The molecule has 0 N–H and O–H groups in total. The number of ether oxygens (including phenoxy) is 1. The van der Waals surface area contributed by atoms with Crippen LogP contribution in [0.1, 0.15) is 40.6 Å². The Hall–Kier alpha value is -2.15. The van der Waals surface area contributed by atoms with E-state index in [-0.39, 0.29) is 23.2 Å². The second kappa shape index (κ2) is 7.27. The van der Waals surface area contributed by atoms with Crippen LogP contribution >= 0.6 is 27.5 Å². The minimum absolute atomic E-state index is 0.0401. The van der Waals surface area contributed by atoms with Gasteiger partial charge in [-0.2, -0.15) is 0 Å². The molecule has 0 bridgehead atoms. The summed E-state index contributed by atoms with van der Waals surface area (Å²) < 4.78 is 12.5. The first-order valence-corrected chi connectivity index (χ1v) is 10.6. The zero-order chi connectivity index (χ0) is 20.1. The Bertz CT molecular complexity index is 1170. The first-order chi connectivity index (χ1) is 14.0. The van der Waals surface area contributed by atoms with Crippen molar-refractivity contribution in [2.45, 2.75) is 25.0 Å². The van der Waals surface area contributed by atoms with Crippen molar-refractivity contribution in [1.82, 2.24) is 4.90 Å². The SMILES string of the molecule is O=C1c2oc3ccc(Br)cc3c(=O)c2[C@@H](c2ccc(Cl)cc2)N1C[C@H]1CCCO1. The van der Waals surface area contributed by atoms with Crippen LogP contribution in [0.3, 0.4) is 0 Å². The summed E-state index contributed by atoms with van der Waals surface area (Å²) >= 11 is 9.47. The summed E-state index contributed by atoms with van der Waals surface area (Å²) in [5, 5.41) is 1.04. The molecule has 2 atom stereocenters. The third-order valence-corrected chi connectivity index (χ3v) is 6.28. The second-order valence-electron chi connectivity index (χ2n) is 7.36. The predicted molar refractivity (Wildman–Crippen MR) is 113 cm³/mol. The summed E-state index contributed by atoms with van der Waals surface area (Å²) in [7, 11) is 0. The lowest BCUT2D eigenvalue weighted by molar-refractivity contribution is 0.0486. The fraction of sp³-hybridized carbons (Fsp3) is 0.273. The van der Waals surface area contributed by atoms with Gasteiger partial charge in [0, 0.05) is 22.6 Å². The molecular weight excluding hydrogens is 458 g/mol. The van der Waals surface area contributed by atoms with E-state index in [1.54, 1.807) is 35.2 Å². The number of fused-ring (bicyclic) bond motifs is 2. The molecule has 0 spiro atoms. The minimum atomic E-state index is -0.529. The van der Waals surface area contributed by atoms with Gasteiger partial charge in [0.2, 0.25) is 5.76 Å². The molecule has 0 saturated carbocycles. The van der Waals surface area contributed by atoms with Crippen molar-refractivity contribution in [2.24, 2.45) is 0 Å². The fourth-order valence-electron chi connectivity index (χ4n) is 4.18. The number of rotatable bonds is 3. The summed E-state index contributed by atoms with van der Waals surface area (Å²) in [6.07, 6.45) is 1.83. The van der Waals surface area contributed by atoms with E-state index >= 15 is 0 Å². The summed E-state index contributed by atoms with van der Waals surface area (Å²) in [5.41, 5.74) is 1.41. The number of nitrogens with zero attached hydrogens (tertiary/aromatic N) is 1. The zero-order valence-corrected chi connectivity index (χ0v) is 17.7. The molecule has 3 aromatic rings. The molecule has 148 valence electrons. The molecule has 5 nitrogen and oxygen atoms in total. The lowest BCUT2D eigenvalue weighted by Crippen LogP contribution is -2.36. The number of hydrogen-bond donors (Lipinski definition) is 0. The van der Waals surface area contributed by atoms with Crippen LogP contribution in [-0.2, 0) is 4.74 Å². The molecule has 29 heavy (non-hydrogen) atoms. The molecule has 0 unspecified atom stereocenters. The average Bonchev–Trinajstić information content (AvgIpc) is 3.32. The standard InChI is InChI=1S/C22H17BrClNO4/c23-13-5-8-17-16(10-13)20(26)18-19(12-3-6-14(24)7-4-12)25(22(27)21(18)29-17)11-15-2-1-9-28-15/h3-8,10,15,19H,1-2,9,11H2/t15-,19-/m1/s1. The topological polar surface area (TPSA) is 59.8 Å². The Labute approximate surface area is 180 Å². The van der Waals surface area contributed by atoms with Crippen LogP contribution in [0, 0.1) is 0 Å². The lowest BCUT2D eigenvalue weighted by atomic mass is 9.98. The molecular formula is C22H17BrClNO4. The number of hydrogen-bond acceptors (Lipinski definition) is 4. The monoisotopic (exact) mass is 473 g/mol. The van der Waals surface area contributed by atoms with E-state index in [4.69, 9.17) is 20.8 Å². The maximum atomic E-state index is 13.4. The van der Waals surface area contributed by atoms with Gasteiger partial charge in [0.25, 0.3) is 5.91 Å². The highest BCUT2D eigenvalue weighted by Gasteiger charge is 2.43. The molecule has 0 aliphatic carbocycles. The number of amides is 1. The van der Waals surface area contributed by atoms with Gasteiger partial charge in [0.05, 0.1) is 23.1 Å². The van der Waals surface area contributed by atoms with Gasteiger partial charge in [-0.05, 0) is 48.7 Å². The second-order valence-corrected chi connectivity index (χ2v) is 8.71. The summed E-state index contributed by atoms with van der Waals surface area (Å²) in [5.74, 6) is -0.167. The van der Waals surface area contributed by atoms with Gasteiger partial charge in [-0.25, -0.2) is 0 Å². The van der Waals surface area contributed by atoms with Crippen LogP contribution in [0.2, 0.25) is 5.02 Å². The molecule has 2 aliphatic heterocycles. The number of benzene rings is 2. The molecule has 3 heterocycles. The quantitative estimate of drug-likeness (QED) is 0.540. The van der Waals surface area contributed by atoms with Gasteiger partial charge in [-0.15, -0.1) is 0 Å². The molecule has 1 aromatic heterocycles. The minimum Gasteiger partial charge on any atom is -0.450 e. The summed E-state index contributed by atoms with van der Waals surface area (Å²) in [6.45, 7) is 1.11. The van der Waals surface area contributed by atoms with Crippen LogP contribution in [0.15, 0.2) is 56.1 Å². The largest absolute Gasteiger partial charge is 0.450 e. The summed E-state index contributed by atoms with van der Waals surface area (Å²) in [6, 6.07) is 11.9. The molecule has 0 radical (unpaired) electrons. The van der Waals surface area contributed by atoms with Gasteiger partial charge >= 0.3 is 0 Å². The third-order valence-electron chi connectivity index (χ3n) is 5.54. The van der Waals surface area contributed by atoms with Crippen molar-refractivity contribution in [2.75, 3.05) is 13.2 Å². The van der Waals surface area contributed by atoms with Gasteiger partial charge in [-0.3, -0.25) is 9.59 Å². The smallest absolute Gasteiger partial charge is 0.291 e. The van der Waals surface area contributed by atoms with E-state index in [9.17, 15) is 9.59 Å². The van der Waals surface area contributed by atoms with Gasteiger partial charge in [0.15, 0.2) is 5.43 Å². The van der Waals surface area contributed by atoms with Crippen LogP contribution < -0.4 is 5.43 Å². The molecule has 7 heteroatoms. The van der Waals surface area contributed by atoms with Crippen molar-refractivity contribution < 1.29 is 13.9 Å². The van der Waals surface area contributed by atoms with E-state index in [1.165, 1.54) is 0 Å². The van der Waals surface area contributed by atoms with Gasteiger partial charge in [0.1, 0.15) is 5.58 Å². The van der Waals surface area contributed by atoms with Crippen LogP contribution in [0.5, 0.6) is 0 Å². The number of halogens is 2. The van der Waals surface area contributed by atoms with Crippen molar-refractivity contribution in [3.63, 3.8) is 0 Å². The number of carbonyl (C=O) groups excluding carboxylic acids is 1. The molecule has 5 rings (SSSR count). The van der Waals surface area contributed by atoms with Crippen LogP contribution in [0.4, 0.5) is 0 Å². The Morgan fingerprint density at radius 3 is 2.66 bits per heavy atom. The first kappa shape index (κ1) is 18.9. The maximum Gasteiger partial charge on any atom is 0.291 e. The van der Waals surface area contributed by atoms with E-state index < -0.39 is 6.04 Å². The fourth-order valence-corrected chi connectivity index (χ4v) is 4.67. The van der Waals surface area contributed by atoms with E-state index in [1.807, 2.05) is 12.1 Å². The Morgan fingerprint density at radius 1 is 1.14 bits per heavy atom. The van der Waals surface area contributed by atoms with Crippen molar-refractivity contribution in [3.05, 3.63) is 79.1 Å². The molecule has 2 aromatic carbocycles. The van der Waals surface area contributed by atoms with E-state index in [2.05, 4.69) is 15.9 Å². The molecule has 1 fully saturated rings. The Morgan fingerprint density at radius 2 is 1.93 bits per heavy atom. The maximum absolute atomic E-state index is 13.4. The normalized spacial score (nSPS) is 21.2. The van der Waals surface area contributed by atoms with Crippen LogP contribution in [-0.4, -0.2) is 30.1 Å². The van der Waals surface area contributed by atoms with Crippen molar-refractivity contribution in [3.8, 4) is 0 Å². The first-order valence-electron chi connectivity index (χ1n) is 9.47. The van der Waals surface area contributed by atoms with Gasteiger partial charge < -0.3 is 14.1 Å². The average molecular weight is 475 g/mol. The van der Waals surface area contributed by atoms with Crippen molar-refractivity contribution >= 4 is 44.4 Å². The highest BCUT2D eigenvalue weighted by atomic mass is 79.9. The molecule has 1 saturated heterocycles. The Balaban J connectivity index is 1.71. The lowest BCUT2D eigenvalue weighted by Gasteiger charge is -2.27. The Kier molecular flexibility index (Phi) is 4.73. The highest BCUT2D eigenvalue weighted by Crippen LogP contribution is 2.39. The van der Waals surface area contributed by atoms with E-state index in [0.29, 0.717) is 34.7 Å². The predicted octanol–water partition coefficient (Wildman–Crippen LogP) is 4.93.